The van der Waals surface area contributed by atoms with Crippen molar-refractivity contribution in [3.63, 3.8) is 0 Å². The second kappa shape index (κ2) is 4.64. The Kier molecular flexibility index (Phi) is 3.72. The van der Waals surface area contributed by atoms with Gasteiger partial charge in [0.1, 0.15) is 12.4 Å². The van der Waals surface area contributed by atoms with Crippen molar-refractivity contribution >= 4 is 17.9 Å². The van der Waals surface area contributed by atoms with E-state index in [1.165, 1.54) is 6.07 Å². The summed E-state index contributed by atoms with van der Waals surface area (Å²) >= 11 is 5.72. The molecular weight excluding hydrogens is 216 g/mol. The summed E-state index contributed by atoms with van der Waals surface area (Å²) in [6, 6.07) is 4.76. The summed E-state index contributed by atoms with van der Waals surface area (Å²) < 4.78 is 5.31. The fourth-order valence-electron chi connectivity index (χ4n) is 0.997. The fourth-order valence-corrected chi connectivity index (χ4v) is 1.18. The Morgan fingerprint density at radius 1 is 1.53 bits per heavy atom. The van der Waals surface area contributed by atoms with Gasteiger partial charge in [0.15, 0.2) is 6.29 Å². The van der Waals surface area contributed by atoms with Crippen molar-refractivity contribution in [1.29, 1.82) is 0 Å². The summed E-state index contributed by atoms with van der Waals surface area (Å²) in [6.45, 7) is 3.38. The van der Waals surface area contributed by atoms with Gasteiger partial charge in [-0.1, -0.05) is 11.6 Å². The standard InChI is InChI=1S/C11H13ClO3/c1-11(2,14)7-15-10-4-3-9(12)5-8(10)6-13/h3-6,14H,7H2,1-2H3. The van der Waals surface area contributed by atoms with Gasteiger partial charge in [0.25, 0.3) is 0 Å². The highest BCUT2D eigenvalue weighted by atomic mass is 35.5. The van der Waals surface area contributed by atoms with Crippen LogP contribution in [0.2, 0.25) is 5.02 Å². The van der Waals surface area contributed by atoms with Gasteiger partial charge in [0, 0.05) is 5.02 Å². The molecule has 0 saturated carbocycles. The molecule has 0 spiro atoms. The third-order valence-electron chi connectivity index (χ3n) is 1.68. The molecule has 0 fully saturated rings. The van der Waals surface area contributed by atoms with E-state index in [2.05, 4.69) is 0 Å². The molecule has 15 heavy (non-hydrogen) atoms. The Hall–Kier alpha value is -1.06. The van der Waals surface area contributed by atoms with Crippen molar-refractivity contribution in [3.8, 4) is 5.75 Å². The van der Waals surface area contributed by atoms with Gasteiger partial charge < -0.3 is 9.84 Å². The molecule has 0 bridgehead atoms. The summed E-state index contributed by atoms with van der Waals surface area (Å²) in [7, 11) is 0. The van der Waals surface area contributed by atoms with Crippen molar-refractivity contribution in [2.24, 2.45) is 0 Å². The first-order valence-corrected chi connectivity index (χ1v) is 4.90. The highest BCUT2D eigenvalue weighted by Gasteiger charge is 2.14. The minimum Gasteiger partial charge on any atom is -0.490 e. The predicted molar refractivity (Wildman–Crippen MR) is 58.6 cm³/mol. The molecule has 0 aliphatic rings. The topological polar surface area (TPSA) is 46.5 Å². The SMILES string of the molecule is CC(C)(O)COc1ccc(Cl)cc1C=O. The Labute approximate surface area is 93.6 Å². The Bertz CT molecular complexity index is 355. The molecule has 1 N–H and O–H groups in total. The second-order valence-corrected chi connectivity index (χ2v) is 4.34. The van der Waals surface area contributed by atoms with Gasteiger partial charge in [-0.15, -0.1) is 0 Å². The van der Waals surface area contributed by atoms with Crippen LogP contribution >= 0.6 is 11.6 Å². The van der Waals surface area contributed by atoms with Gasteiger partial charge in [0.05, 0.1) is 11.2 Å². The van der Waals surface area contributed by atoms with Crippen LogP contribution in [-0.4, -0.2) is 23.6 Å². The first-order chi connectivity index (χ1) is 6.92. The molecule has 82 valence electrons. The molecule has 0 heterocycles. The van der Waals surface area contributed by atoms with Crippen molar-refractivity contribution in [2.75, 3.05) is 6.61 Å². The molecule has 1 aromatic rings. The molecule has 0 aliphatic heterocycles. The number of ether oxygens (including phenoxy) is 1. The lowest BCUT2D eigenvalue weighted by Gasteiger charge is -2.18. The molecule has 0 aromatic heterocycles. The van der Waals surface area contributed by atoms with Crippen LogP contribution in [0, 0.1) is 0 Å². The number of rotatable bonds is 4. The quantitative estimate of drug-likeness (QED) is 0.805. The summed E-state index contributed by atoms with van der Waals surface area (Å²) in [4.78, 5) is 10.7. The Morgan fingerprint density at radius 3 is 2.73 bits per heavy atom. The van der Waals surface area contributed by atoms with Crippen LogP contribution in [0.4, 0.5) is 0 Å². The molecule has 1 rings (SSSR count). The first kappa shape index (κ1) is 12.0. The van der Waals surface area contributed by atoms with Gasteiger partial charge in [-0.05, 0) is 32.0 Å². The van der Waals surface area contributed by atoms with Crippen LogP contribution in [0.15, 0.2) is 18.2 Å². The van der Waals surface area contributed by atoms with Crippen molar-refractivity contribution in [1.82, 2.24) is 0 Å². The molecule has 1 aromatic carbocycles. The van der Waals surface area contributed by atoms with Crippen molar-refractivity contribution in [3.05, 3.63) is 28.8 Å². The molecule has 0 radical (unpaired) electrons. The molecule has 0 unspecified atom stereocenters. The average Bonchev–Trinajstić information content (AvgIpc) is 2.14. The van der Waals surface area contributed by atoms with Crippen LogP contribution in [0.5, 0.6) is 5.75 Å². The normalized spacial score (nSPS) is 11.2. The van der Waals surface area contributed by atoms with E-state index in [0.29, 0.717) is 22.6 Å². The largest absolute Gasteiger partial charge is 0.490 e. The Morgan fingerprint density at radius 2 is 2.20 bits per heavy atom. The molecule has 4 heteroatoms. The second-order valence-electron chi connectivity index (χ2n) is 3.90. The van der Waals surface area contributed by atoms with E-state index in [9.17, 15) is 9.90 Å². The predicted octanol–water partition coefficient (Wildman–Crippen LogP) is 2.30. The molecule has 0 saturated heterocycles. The van der Waals surface area contributed by atoms with Crippen LogP contribution in [-0.2, 0) is 0 Å². The van der Waals surface area contributed by atoms with Crippen molar-refractivity contribution in [2.45, 2.75) is 19.4 Å². The van der Waals surface area contributed by atoms with Gasteiger partial charge >= 0.3 is 0 Å². The zero-order valence-electron chi connectivity index (χ0n) is 8.66. The van der Waals surface area contributed by atoms with E-state index in [-0.39, 0.29) is 6.61 Å². The Balaban J connectivity index is 2.81. The number of carbonyl (C=O) groups excluding carboxylic acids is 1. The van der Waals surface area contributed by atoms with E-state index in [0.717, 1.165) is 0 Å². The van der Waals surface area contributed by atoms with E-state index < -0.39 is 5.60 Å². The lowest BCUT2D eigenvalue weighted by atomic mass is 10.1. The first-order valence-electron chi connectivity index (χ1n) is 4.52. The number of hydrogen-bond donors (Lipinski definition) is 1. The van der Waals surface area contributed by atoms with Crippen LogP contribution in [0.25, 0.3) is 0 Å². The van der Waals surface area contributed by atoms with Gasteiger partial charge in [0.2, 0.25) is 0 Å². The molecule has 0 atom stereocenters. The minimum absolute atomic E-state index is 0.121. The summed E-state index contributed by atoms with van der Waals surface area (Å²) in [5.74, 6) is 0.427. The lowest BCUT2D eigenvalue weighted by molar-refractivity contribution is 0.0282. The number of benzene rings is 1. The van der Waals surface area contributed by atoms with Crippen LogP contribution in [0.3, 0.4) is 0 Å². The number of halogens is 1. The number of aldehydes is 1. The average molecular weight is 229 g/mol. The van der Waals surface area contributed by atoms with Crippen LogP contribution in [0.1, 0.15) is 24.2 Å². The highest BCUT2D eigenvalue weighted by Crippen LogP contribution is 2.22. The monoisotopic (exact) mass is 228 g/mol. The molecule has 0 aliphatic carbocycles. The fraction of sp³-hybridized carbons (Fsp3) is 0.364. The van der Waals surface area contributed by atoms with Crippen molar-refractivity contribution < 1.29 is 14.6 Å². The molecule has 3 nitrogen and oxygen atoms in total. The minimum atomic E-state index is -0.931. The third-order valence-corrected chi connectivity index (χ3v) is 1.91. The molecule has 0 amide bonds. The van der Waals surface area contributed by atoms with Crippen LogP contribution < -0.4 is 4.74 Å². The molecular formula is C11H13ClO3. The summed E-state index contributed by atoms with van der Waals surface area (Å²) in [6.07, 6.45) is 0.672. The number of aliphatic hydroxyl groups is 1. The maximum atomic E-state index is 10.7. The maximum absolute atomic E-state index is 10.7. The number of carbonyl (C=O) groups is 1. The van der Waals surface area contributed by atoms with E-state index in [1.807, 2.05) is 0 Å². The van der Waals surface area contributed by atoms with E-state index in [4.69, 9.17) is 16.3 Å². The summed E-state index contributed by atoms with van der Waals surface area (Å²) in [5.41, 5.74) is -0.550. The smallest absolute Gasteiger partial charge is 0.153 e. The van der Waals surface area contributed by atoms with E-state index in [1.54, 1.807) is 26.0 Å². The lowest BCUT2D eigenvalue weighted by Crippen LogP contribution is -2.28. The summed E-state index contributed by atoms with van der Waals surface area (Å²) in [5, 5.41) is 9.94. The highest BCUT2D eigenvalue weighted by molar-refractivity contribution is 6.30. The number of hydrogen-bond acceptors (Lipinski definition) is 3. The van der Waals surface area contributed by atoms with E-state index >= 15 is 0 Å². The maximum Gasteiger partial charge on any atom is 0.153 e. The zero-order chi connectivity index (χ0) is 11.5. The third kappa shape index (κ3) is 3.90. The van der Waals surface area contributed by atoms with Gasteiger partial charge in [-0.25, -0.2) is 0 Å². The zero-order valence-corrected chi connectivity index (χ0v) is 9.41. The van der Waals surface area contributed by atoms with Gasteiger partial charge in [-0.2, -0.15) is 0 Å². The van der Waals surface area contributed by atoms with Gasteiger partial charge in [-0.3, -0.25) is 4.79 Å².